The zero-order valence-corrected chi connectivity index (χ0v) is 12.1. The Kier molecular flexibility index (Phi) is 5.87. The van der Waals surface area contributed by atoms with Crippen LogP contribution < -0.4 is 10.5 Å². The number of halogens is 3. The van der Waals surface area contributed by atoms with Crippen LogP contribution in [0.2, 0.25) is 0 Å². The van der Waals surface area contributed by atoms with Gasteiger partial charge in [0.05, 0.1) is 12.7 Å². The maximum absolute atomic E-state index is 12.7. The predicted octanol–water partition coefficient (Wildman–Crippen LogP) is 4.34. The van der Waals surface area contributed by atoms with E-state index >= 15 is 0 Å². The Morgan fingerprint density at radius 2 is 1.90 bits per heavy atom. The second-order valence-electron chi connectivity index (χ2n) is 5.11. The molecule has 0 amide bonds. The van der Waals surface area contributed by atoms with Gasteiger partial charge in [-0.1, -0.05) is 13.0 Å². The Morgan fingerprint density at radius 3 is 2.35 bits per heavy atom. The number of alkyl halides is 3. The van der Waals surface area contributed by atoms with Gasteiger partial charge in [-0.3, -0.25) is 0 Å². The third-order valence-electron chi connectivity index (χ3n) is 3.46. The molecule has 0 bridgehead atoms. The highest BCUT2D eigenvalue weighted by Crippen LogP contribution is 2.37. The van der Waals surface area contributed by atoms with Crippen LogP contribution in [0.25, 0.3) is 0 Å². The summed E-state index contributed by atoms with van der Waals surface area (Å²) in [5.41, 5.74) is 5.89. The lowest BCUT2D eigenvalue weighted by Crippen LogP contribution is -2.16. The second kappa shape index (κ2) is 6.97. The topological polar surface area (TPSA) is 35.2 Å². The number of hydrogen-bond donors (Lipinski definition) is 1. The van der Waals surface area contributed by atoms with E-state index in [1.54, 1.807) is 0 Å². The Hall–Kier alpha value is -1.23. The van der Waals surface area contributed by atoms with E-state index < -0.39 is 11.7 Å². The van der Waals surface area contributed by atoms with Gasteiger partial charge >= 0.3 is 6.18 Å². The van der Waals surface area contributed by atoms with Crippen LogP contribution in [-0.2, 0) is 6.18 Å². The summed E-state index contributed by atoms with van der Waals surface area (Å²) in [7, 11) is 1.40. The first-order chi connectivity index (χ1) is 9.29. The molecule has 0 heterocycles. The van der Waals surface area contributed by atoms with Crippen LogP contribution in [0.15, 0.2) is 18.2 Å². The van der Waals surface area contributed by atoms with Crippen LogP contribution in [0.3, 0.4) is 0 Å². The SMILES string of the molecule is CCC(CCC(C)N)c1ccc(C(F)(F)F)cc1OC. The molecule has 2 unspecified atom stereocenters. The zero-order chi connectivity index (χ0) is 15.3. The highest BCUT2D eigenvalue weighted by Gasteiger charge is 2.31. The number of nitrogens with two attached hydrogens (primary N) is 1. The quantitative estimate of drug-likeness (QED) is 0.845. The summed E-state index contributed by atoms with van der Waals surface area (Å²) < 4.78 is 43.2. The van der Waals surface area contributed by atoms with Gasteiger partial charge in [0.25, 0.3) is 0 Å². The molecule has 0 aliphatic carbocycles. The lowest BCUT2D eigenvalue weighted by atomic mass is 9.89. The van der Waals surface area contributed by atoms with Crippen molar-refractivity contribution in [2.75, 3.05) is 7.11 Å². The molecule has 0 aromatic heterocycles. The number of hydrogen-bond acceptors (Lipinski definition) is 2. The third-order valence-corrected chi connectivity index (χ3v) is 3.46. The fourth-order valence-electron chi connectivity index (χ4n) is 2.27. The highest BCUT2D eigenvalue weighted by molar-refractivity contribution is 5.41. The van der Waals surface area contributed by atoms with E-state index in [-0.39, 0.29) is 12.0 Å². The average molecular weight is 289 g/mol. The van der Waals surface area contributed by atoms with Gasteiger partial charge in [-0.05, 0) is 49.8 Å². The van der Waals surface area contributed by atoms with Gasteiger partial charge in [-0.2, -0.15) is 13.2 Å². The lowest BCUT2D eigenvalue weighted by molar-refractivity contribution is -0.137. The summed E-state index contributed by atoms with van der Waals surface area (Å²) in [6, 6.07) is 3.80. The molecule has 20 heavy (non-hydrogen) atoms. The van der Waals surface area contributed by atoms with Gasteiger partial charge in [0.1, 0.15) is 5.75 Å². The molecule has 0 fully saturated rings. The minimum absolute atomic E-state index is 0.0875. The summed E-state index contributed by atoms with van der Waals surface area (Å²) >= 11 is 0. The van der Waals surface area contributed by atoms with Crippen LogP contribution in [0.4, 0.5) is 13.2 Å². The summed E-state index contributed by atoms with van der Waals surface area (Å²) in [6.45, 7) is 3.94. The maximum Gasteiger partial charge on any atom is 0.416 e. The monoisotopic (exact) mass is 289 g/mol. The Bertz CT molecular complexity index is 430. The van der Waals surface area contributed by atoms with Crippen LogP contribution in [0, 0.1) is 0 Å². The standard InChI is InChI=1S/C15H22F3NO/c1-4-11(6-5-10(2)19)13-8-7-12(15(16,17)18)9-14(13)20-3/h7-11H,4-6,19H2,1-3H3. The summed E-state index contributed by atoms with van der Waals surface area (Å²) in [5.74, 6) is 0.467. The van der Waals surface area contributed by atoms with Crippen molar-refractivity contribution in [1.82, 2.24) is 0 Å². The molecular weight excluding hydrogens is 267 g/mol. The molecule has 0 spiro atoms. The average Bonchev–Trinajstić information content (AvgIpc) is 2.38. The Morgan fingerprint density at radius 1 is 1.25 bits per heavy atom. The van der Waals surface area contributed by atoms with Crippen LogP contribution >= 0.6 is 0 Å². The molecule has 1 rings (SSSR count). The summed E-state index contributed by atoms with van der Waals surface area (Å²) in [4.78, 5) is 0. The Balaban J connectivity index is 3.04. The largest absolute Gasteiger partial charge is 0.496 e. The molecule has 0 saturated carbocycles. The van der Waals surface area contributed by atoms with Crippen molar-refractivity contribution in [3.05, 3.63) is 29.3 Å². The molecule has 0 aliphatic heterocycles. The van der Waals surface area contributed by atoms with Crippen molar-refractivity contribution in [3.63, 3.8) is 0 Å². The minimum Gasteiger partial charge on any atom is -0.496 e. The van der Waals surface area contributed by atoms with Gasteiger partial charge in [0, 0.05) is 6.04 Å². The molecule has 114 valence electrons. The van der Waals surface area contributed by atoms with E-state index in [2.05, 4.69) is 0 Å². The van der Waals surface area contributed by atoms with Crippen LogP contribution in [0.1, 0.15) is 50.2 Å². The van der Waals surface area contributed by atoms with Crippen molar-refractivity contribution in [1.29, 1.82) is 0 Å². The minimum atomic E-state index is -4.35. The molecular formula is C15H22F3NO. The molecule has 2 atom stereocenters. The smallest absolute Gasteiger partial charge is 0.416 e. The summed E-state index contributed by atoms with van der Waals surface area (Å²) in [5, 5.41) is 0. The van der Waals surface area contributed by atoms with E-state index in [0.29, 0.717) is 5.75 Å². The van der Waals surface area contributed by atoms with Gasteiger partial charge in [0.15, 0.2) is 0 Å². The zero-order valence-electron chi connectivity index (χ0n) is 12.1. The Labute approximate surface area is 118 Å². The van der Waals surface area contributed by atoms with Crippen molar-refractivity contribution in [2.45, 2.75) is 51.2 Å². The normalized spacial score (nSPS) is 14.9. The van der Waals surface area contributed by atoms with E-state index in [9.17, 15) is 13.2 Å². The molecule has 5 heteroatoms. The van der Waals surface area contributed by atoms with E-state index in [4.69, 9.17) is 10.5 Å². The fraction of sp³-hybridized carbons (Fsp3) is 0.600. The maximum atomic E-state index is 12.7. The first-order valence-corrected chi connectivity index (χ1v) is 6.80. The van der Waals surface area contributed by atoms with E-state index in [0.717, 1.165) is 37.0 Å². The van der Waals surface area contributed by atoms with Crippen molar-refractivity contribution in [2.24, 2.45) is 5.73 Å². The molecule has 0 aliphatic rings. The lowest BCUT2D eigenvalue weighted by Gasteiger charge is -2.20. The molecule has 0 saturated heterocycles. The summed E-state index contributed by atoms with van der Waals surface area (Å²) in [6.07, 6.45) is -1.83. The van der Waals surface area contributed by atoms with Gasteiger partial charge in [-0.15, -0.1) is 0 Å². The van der Waals surface area contributed by atoms with E-state index in [1.165, 1.54) is 13.2 Å². The molecule has 1 aromatic rings. The molecule has 0 radical (unpaired) electrons. The first kappa shape index (κ1) is 16.8. The number of methoxy groups -OCH3 is 1. The van der Waals surface area contributed by atoms with Crippen molar-refractivity contribution < 1.29 is 17.9 Å². The predicted molar refractivity (Wildman–Crippen MR) is 73.9 cm³/mol. The van der Waals surface area contributed by atoms with Crippen LogP contribution in [-0.4, -0.2) is 13.2 Å². The number of benzene rings is 1. The van der Waals surface area contributed by atoms with E-state index in [1.807, 2.05) is 13.8 Å². The van der Waals surface area contributed by atoms with Gasteiger partial charge < -0.3 is 10.5 Å². The third kappa shape index (κ3) is 4.40. The number of ether oxygens (including phenoxy) is 1. The molecule has 2 nitrogen and oxygen atoms in total. The fourth-order valence-corrected chi connectivity index (χ4v) is 2.27. The molecule has 2 N–H and O–H groups in total. The number of rotatable bonds is 6. The molecule has 1 aromatic carbocycles. The van der Waals surface area contributed by atoms with Crippen molar-refractivity contribution in [3.8, 4) is 5.75 Å². The van der Waals surface area contributed by atoms with Gasteiger partial charge in [0.2, 0.25) is 0 Å². The van der Waals surface area contributed by atoms with Gasteiger partial charge in [-0.25, -0.2) is 0 Å². The van der Waals surface area contributed by atoms with Crippen molar-refractivity contribution >= 4 is 0 Å². The second-order valence-corrected chi connectivity index (χ2v) is 5.11. The highest BCUT2D eigenvalue weighted by atomic mass is 19.4. The van der Waals surface area contributed by atoms with Crippen LogP contribution in [0.5, 0.6) is 5.75 Å². The first-order valence-electron chi connectivity index (χ1n) is 6.80.